The molecule has 0 aliphatic carbocycles. The molecule has 2 aliphatic rings. The van der Waals surface area contributed by atoms with Gasteiger partial charge in [-0.2, -0.15) is 0 Å². The maximum Gasteiger partial charge on any atom is 0.278 e. The Hall–Kier alpha value is -2.66. The summed E-state index contributed by atoms with van der Waals surface area (Å²) in [6.45, 7) is 5.30. The van der Waals surface area contributed by atoms with Gasteiger partial charge in [0.25, 0.3) is 11.8 Å². The second-order valence-corrected chi connectivity index (χ2v) is 7.10. The number of nitrogens with zero attached hydrogens (tertiary/aromatic N) is 2. The van der Waals surface area contributed by atoms with Crippen LogP contribution in [0.15, 0.2) is 60.1 Å². The van der Waals surface area contributed by atoms with Crippen LogP contribution < -0.4 is 0 Å². The fourth-order valence-corrected chi connectivity index (χ4v) is 4.24. The van der Waals surface area contributed by atoms with Crippen LogP contribution in [0.25, 0.3) is 5.57 Å². The summed E-state index contributed by atoms with van der Waals surface area (Å²) in [5.74, 6) is -0.436. The van der Waals surface area contributed by atoms with Crippen molar-refractivity contribution in [1.29, 1.82) is 0 Å². The van der Waals surface area contributed by atoms with Gasteiger partial charge in [0.2, 0.25) is 0 Å². The van der Waals surface area contributed by atoms with Gasteiger partial charge in [-0.05, 0) is 29.0 Å². The maximum absolute atomic E-state index is 13.0. The quantitative estimate of drug-likeness (QED) is 0.628. The minimum absolute atomic E-state index is 0.215. The van der Waals surface area contributed by atoms with E-state index in [1.165, 1.54) is 27.4 Å². The molecule has 0 saturated heterocycles. The molecule has 126 valence electrons. The van der Waals surface area contributed by atoms with Crippen molar-refractivity contribution in [1.82, 2.24) is 9.80 Å². The normalized spacial score (nSPS) is 17.3. The number of imide groups is 1. The molecule has 0 radical (unpaired) electrons. The standard InChI is InChI=1S/C20H18N2O2S/c1-2-10-22-19(23)17(16-8-5-12-25-16)18(20(22)24)21-11-9-14-6-3-4-7-15(14)13-21/h2-8,12H,1,9-11,13H2. The number of thiophene rings is 1. The number of amides is 2. The number of benzene rings is 1. The van der Waals surface area contributed by atoms with Crippen molar-refractivity contribution < 1.29 is 9.59 Å². The molecule has 4 rings (SSSR count). The van der Waals surface area contributed by atoms with Crippen LogP contribution in [0, 0.1) is 0 Å². The smallest absolute Gasteiger partial charge is 0.278 e. The molecule has 1 aromatic heterocycles. The Morgan fingerprint density at radius 2 is 1.88 bits per heavy atom. The second kappa shape index (κ2) is 6.33. The predicted octanol–water partition coefficient (Wildman–Crippen LogP) is 3.07. The number of rotatable bonds is 4. The Balaban J connectivity index is 1.78. The monoisotopic (exact) mass is 350 g/mol. The molecule has 0 unspecified atom stereocenters. The summed E-state index contributed by atoms with van der Waals surface area (Å²) < 4.78 is 0. The van der Waals surface area contributed by atoms with Gasteiger partial charge >= 0.3 is 0 Å². The topological polar surface area (TPSA) is 40.6 Å². The fraction of sp³-hybridized carbons (Fsp3) is 0.200. The molecule has 0 saturated carbocycles. The lowest BCUT2D eigenvalue weighted by Gasteiger charge is -2.31. The molecule has 0 fully saturated rings. The first kappa shape index (κ1) is 15.8. The van der Waals surface area contributed by atoms with Gasteiger partial charge in [-0.1, -0.05) is 36.4 Å². The summed E-state index contributed by atoms with van der Waals surface area (Å²) in [5, 5.41) is 1.93. The van der Waals surface area contributed by atoms with E-state index in [0.717, 1.165) is 17.8 Å². The van der Waals surface area contributed by atoms with Gasteiger partial charge in [0, 0.05) is 24.5 Å². The van der Waals surface area contributed by atoms with Gasteiger partial charge in [0.15, 0.2) is 0 Å². The molecule has 4 nitrogen and oxygen atoms in total. The summed E-state index contributed by atoms with van der Waals surface area (Å²) in [6, 6.07) is 12.1. The average Bonchev–Trinajstić information content (AvgIpc) is 3.24. The minimum atomic E-state index is -0.221. The van der Waals surface area contributed by atoms with Crippen LogP contribution in [-0.2, 0) is 22.6 Å². The van der Waals surface area contributed by atoms with Crippen LogP contribution >= 0.6 is 11.3 Å². The summed E-state index contributed by atoms with van der Waals surface area (Å²) in [5.41, 5.74) is 3.59. The van der Waals surface area contributed by atoms with Gasteiger partial charge in [-0.25, -0.2) is 0 Å². The van der Waals surface area contributed by atoms with Crippen molar-refractivity contribution in [3.63, 3.8) is 0 Å². The van der Waals surface area contributed by atoms with Crippen LogP contribution in [0.2, 0.25) is 0 Å². The van der Waals surface area contributed by atoms with Crippen LogP contribution in [0.3, 0.4) is 0 Å². The third kappa shape index (κ3) is 2.61. The predicted molar refractivity (Wildman–Crippen MR) is 98.7 cm³/mol. The lowest BCUT2D eigenvalue weighted by Crippen LogP contribution is -2.37. The molecule has 0 bridgehead atoms. The van der Waals surface area contributed by atoms with E-state index in [2.05, 4.69) is 23.6 Å². The van der Waals surface area contributed by atoms with E-state index in [4.69, 9.17) is 0 Å². The van der Waals surface area contributed by atoms with Gasteiger partial charge in [-0.3, -0.25) is 14.5 Å². The summed E-state index contributed by atoms with van der Waals surface area (Å²) in [6.07, 6.45) is 2.47. The first-order valence-electron chi connectivity index (χ1n) is 8.27. The average molecular weight is 350 g/mol. The third-order valence-corrected chi connectivity index (χ3v) is 5.56. The zero-order chi connectivity index (χ0) is 17.4. The Bertz CT molecular complexity index is 883. The van der Waals surface area contributed by atoms with E-state index in [9.17, 15) is 9.59 Å². The number of hydrogen-bond acceptors (Lipinski definition) is 4. The molecule has 1 aromatic carbocycles. The minimum Gasteiger partial charge on any atom is -0.362 e. The van der Waals surface area contributed by atoms with E-state index in [1.807, 2.05) is 29.6 Å². The number of fused-ring (bicyclic) bond motifs is 1. The maximum atomic E-state index is 13.0. The van der Waals surface area contributed by atoms with E-state index in [1.54, 1.807) is 6.08 Å². The van der Waals surface area contributed by atoms with Crippen LogP contribution in [0.4, 0.5) is 0 Å². The van der Waals surface area contributed by atoms with E-state index in [-0.39, 0.29) is 18.4 Å². The van der Waals surface area contributed by atoms with Crippen LogP contribution in [-0.4, -0.2) is 34.7 Å². The number of hydrogen-bond donors (Lipinski definition) is 0. The molecular weight excluding hydrogens is 332 g/mol. The van der Waals surface area contributed by atoms with Crippen LogP contribution in [0.5, 0.6) is 0 Å². The summed E-state index contributed by atoms with van der Waals surface area (Å²) >= 11 is 1.49. The van der Waals surface area contributed by atoms with Gasteiger partial charge < -0.3 is 4.90 Å². The molecule has 2 amide bonds. The first-order chi connectivity index (χ1) is 12.2. The van der Waals surface area contributed by atoms with Crippen LogP contribution in [0.1, 0.15) is 16.0 Å². The van der Waals surface area contributed by atoms with Crippen molar-refractivity contribution in [2.45, 2.75) is 13.0 Å². The zero-order valence-electron chi connectivity index (χ0n) is 13.8. The lowest BCUT2D eigenvalue weighted by atomic mass is 9.99. The molecule has 2 aliphatic heterocycles. The molecule has 0 spiro atoms. The molecule has 2 aromatic rings. The number of carbonyl (C=O) groups is 2. The summed E-state index contributed by atoms with van der Waals surface area (Å²) in [4.78, 5) is 30.1. The highest BCUT2D eigenvalue weighted by molar-refractivity contribution is 7.11. The molecule has 25 heavy (non-hydrogen) atoms. The Labute approximate surface area is 150 Å². The highest BCUT2D eigenvalue weighted by Gasteiger charge is 2.41. The Morgan fingerprint density at radius 1 is 1.08 bits per heavy atom. The van der Waals surface area contributed by atoms with Crippen molar-refractivity contribution in [3.8, 4) is 0 Å². The van der Waals surface area contributed by atoms with Gasteiger partial charge in [-0.15, -0.1) is 17.9 Å². The Kier molecular flexibility index (Phi) is 4.01. The summed E-state index contributed by atoms with van der Waals surface area (Å²) in [7, 11) is 0. The van der Waals surface area contributed by atoms with E-state index >= 15 is 0 Å². The molecule has 0 N–H and O–H groups in total. The molecule has 5 heteroatoms. The van der Waals surface area contributed by atoms with Gasteiger partial charge in [0.1, 0.15) is 5.70 Å². The SMILES string of the molecule is C=CCN1C(=O)C(c2cccs2)=C(N2CCc3ccccc3C2)C1=O. The van der Waals surface area contributed by atoms with Gasteiger partial charge in [0.05, 0.1) is 5.57 Å². The Morgan fingerprint density at radius 3 is 2.60 bits per heavy atom. The lowest BCUT2D eigenvalue weighted by molar-refractivity contribution is -0.136. The third-order valence-electron chi connectivity index (χ3n) is 4.67. The largest absolute Gasteiger partial charge is 0.362 e. The zero-order valence-corrected chi connectivity index (χ0v) is 14.6. The second-order valence-electron chi connectivity index (χ2n) is 6.15. The molecular formula is C20H18N2O2S. The highest BCUT2D eigenvalue weighted by Crippen LogP contribution is 2.35. The first-order valence-corrected chi connectivity index (χ1v) is 9.15. The van der Waals surface area contributed by atoms with Crippen molar-refractivity contribution in [2.75, 3.05) is 13.1 Å². The van der Waals surface area contributed by atoms with Crippen molar-refractivity contribution >= 4 is 28.7 Å². The fourth-order valence-electron chi connectivity index (χ4n) is 3.48. The van der Waals surface area contributed by atoms with Crippen molar-refractivity contribution in [2.24, 2.45) is 0 Å². The number of carbonyl (C=O) groups excluding carboxylic acids is 2. The van der Waals surface area contributed by atoms with Crippen molar-refractivity contribution in [3.05, 3.63) is 76.1 Å². The van der Waals surface area contributed by atoms with E-state index in [0.29, 0.717) is 17.8 Å². The molecule has 3 heterocycles. The van der Waals surface area contributed by atoms with E-state index < -0.39 is 0 Å². The molecule has 0 atom stereocenters. The highest BCUT2D eigenvalue weighted by atomic mass is 32.1.